The van der Waals surface area contributed by atoms with Crippen LogP contribution in [0.2, 0.25) is 5.15 Å². The zero-order valence-corrected chi connectivity index (χ0v) is 8.95. The van der Waals surface area contributed by atoms with Crippen LogP contribution in [0.4, 0.5) is 19.0 Å². The number of hydrogen-bond acceptors (Lipinski definition) is 2. The van der Waals surface area contributed by atoms with Crippen LogP contribution < -0.4 is 5.32 Å². The van der Waals surface area contributed by atoms with Gasteiger partial charge in [-0.05, 0) is 26.0 Å². The Morgan fingerprint density at radius 2 is 1.87 bits per heavy atom. The first-order chi connectivity index (χ1) is 6.72. The molecule has 0 atom stereocenters. The second-order valence-electron chi connectivity index (χ2n) is 3.59. The molecule has 0 spiro atoms. The lowest BCUT2D eigenvalue weighted by Crippen LogP contribution is -2.46. The standard InChI is InChI=1S/C9H10ClF3N2/c1-8(2,9(11,12)13)15-7-5-3-4-6(10)14-7/h3-5H,1-2H3,(H,14,15). The number of rotatable bonds is 2. The number of alkyl halides is 3. The topological polar surface area (TPSA) is 24.9 Å². The highest BCUT2D eigenvalue weighted by Crippen LogP contribution is 2.32. The van der Waals surface area contributed by atoms with Crippen LogP contribution in [0.1, 0.15) is 13.8 Å². The number of aromatic nitrogens is 1. The minimum absolute atomic E-state index is 0.102. The van der Waals surface area contributed by atoms with Gasteiger partial charge in [-0.25, -0.2) is 4.98 Å². The van der Waals surface area contributed by atoms with Crippen molar-refractivity contribution in [2.24, 2.45) is 0 Å². The van der Waals surface area contributed by atoms with Gasteiger partial charge in [-0.3, -0.25) is 0 Å². The van der Waals surface area contributed by atoms with Crippen LogP contribution in [-0.2, 0) is 0 Å². The highest BCUT2D eigenvalue weighted by Gasteiger charge is 2.47. The average Bonchev–Trinajstić information content (AvgIpc) is 2.00. The van der Waals surface area contributed by atoms with Gasteiger partial charge >= 0.3 is 6.18 Å². The van der Waals surface area contributed by atoms with E-state index in [1.54, 1.807) is 0 Å². The molecule has 1 N–H and O–H groups in total. The highest BCUT2D eigenvalue weighted by molar-refractivity contribution is 6.29. The maximum absolute atomic E-state index is 12.5. The van der Waals surface area contributed by atoms with Crippen LogP contribution in [0.5, 0.6) is 0 Å². The van der Waals surface area contributed by atoms with Gasteiger partial charge in [-0.1, -0.05) is 17.7 Å². The number of pyridine rings is 1. The molecule has 0 fully saturated rings. The van der Waals surface area contributed by atoms with Gasteiger partial charge in [0, 0.05) is 0 Å². The van der Waals surface area contributed by atoms with Crippen molar-refractivity contribution in [1.82, 2.24) is 4.98 Å². The summed E-state index contributed by atoms with van der Waals surface area (Å²) in [5, 5.41) is 2.43. The van der Waals surface area contributed by atoms with Gasteiger partial charge in [-0.15, -0.1) is 0 Å². The minimum atomic E-state index is -4.35. The molecule has 0 saturated heterocycles. The molecule has 0 aliphatic carbocycles. The Balaban J connectivity index is 2.87. The Labute approximate surface area is 90.5 Å². The third-order valence-corrected chi connectivity index (χ3v) is 2.07. The zero-order valence-electron chi connectivity index (χ0n) is 8.19. The third-order valence-electron chi connectivity index (χ3n) is 1.86. The van der Waals surface area contributed by atoms with E-state index < -0.39 is 11.7 Å². The van der Waals surface area contributed by atoms with Crippen LogP contribution in [0.3, 0.4) is 0 Å². The first kappa shape index (κ1) is 12.1. The molecule has 0 aromatic carbocycles. The summed E-state index contributed by atoms with van der Waals surface area (Å²) in [5.41, 5.74) is -2.04. The van der Waals surface area contributed by atoms with Gasteiger partial charge < -0.3 is 5.32 Å². The molecule has 0 aliphatic heterocycles. The van der Waals surface area contributed by atoms with Crippen molar-refractivity contribution in [3.8, 4) is 0 Å². The molecule has 1 aromatic heterocycles. The molecular weight excluding hydrogens is 229 g/mol. The SMILES string of the molecule is CC(C)(Nc1cccc(Cl)n1)C(F)(F)F. The van der Waals surface area contributed by atoms with Gasteiger partial charge in [0.25, 0.3) is 0 Å². The number of nitrogens with zero attached hydrogens (tertiary/aromatic N) is 1. The van der Waals surface area contributed by atoms with Crippen LogP contribution in [0.15, 0.2) is 18.2 Å². The summed E-state index contributed by atoms with van der Waals surface area (Å²) >= 11 is 5.56. The zero-order chi connectivity index (χ0) is 11.7. The number of nitrogens with one attached hydrogen (secondary N) is 1. The predicted molar refractivity (Wildman–Crippen MR) is 53.0 cm³/mol. The lowest BCUT2D eigenvalue weighted by atomic mass is 10.1. The molecule has 0 bridgehead atoms. The summed E-state index contributed by atoms with van der Waals surface area (Å²) in [5.74, 6) is 0.102. The maximum Gasteiger partial charge on any atom is 0.410 e. The van der Waals surface area contributed by atoms with E-state index in [1.165, 1.54) is 18.2 Å². The van der Waals surface area contributed by atoms with Gasteiger partial charge in [0.1, 0.15) is 16.5 Å². The molecule has 0 unspecified atom stereocenters. The third kappa shape index (κ3) is 2.99. The van der Waals surface area contributed by atoms with Crippen LogP contribution in [0, 0.1) is 0 Å². The summed E-state index contributed by atoms with van der Waals surface area (Å²) < 4.78 is 37.5. The van der Waals surface area contributed by atoms with E-state index >= 15 is 0 Å². The van der Waals surface area contributed by atoms with E-state index in [0.29, 0.717) is 0 Å². The van der Waals surface area contributed by atoms with Crippen molar-refractivity contribution in [2.75, 3.05) is 5.32 Å². The fraction of sp³-hybridized carbons (Fsp3) is 0.444. The summed E-state index contributed by atoms with van der Waals surface area (Å²) in [6, 6.07) is 4.46. The van der Waals surface area contributed by atoms with E-state index in [9.17, 15) is 13.2 Å². The van der Waals surface area contributed by atoms with Crippen molar-refractivity contribution in [1.29, 1.82) is 0 Å². The second kappa shape index (κ2) is 3.89. The van der Waals surface area contributed by atoms with E-state index in [2.05, 4.69) is 10.3 Å². The monoisotopic (exact) mass is 238 g/mol. The van der Waals surface area contributed by atoms with E-state index in [0.717, 1.165) is 13.8 Å². The molecule has 1 aromatic rings. The van der Waals surface area contributed by atoms with Crippen LogP contribution >= 0.6 is 11.6 Å². The fourth-order valence-electron chi connectivity index (χ4n) is 0.869. The Kier molecular flexibility index (Phi) is 3.13. The molecule has 0 saturated carbocycles. The van der Waals surface area contributed by atoms with E-state index in [1.807, 2.05) is 0 Å². The second-order valence-corrected chi connectivity index (χ2v) is 3.98. The summed E-state index contributed by atoms with van der Waals surface area (Å²) in [6.45, 7) is 2.07. The molecule has 1 rings (SSSR count). The Hall–Kier alpha value is -0.970. The predicted octanol–water partition coefficient (Wildman–Crippen LogP) is 3.49. The molecule has 0 radical (unpaired) electrons. The first-order valence-corrected chi connectivity index (χ1v) is 4.58. The molecule has 0 amide bonds. The lowest BCUT2D eigenvalue weighted by Gasteiger charge is -2.29. The molecule has 0 aliphatic rings. The molecule has 84 valence electrons. The van der Waals surface area contributed by atoms with E-state index in [-0.39, 0.29) is 11.0 Å². The Bertz CT molecular complexity index is 349. The number of halogens is 4. The fourth-order valence-corrected chi connectivity index (χ4v) is 1.03. The van der Waals surface area contributed by atoms with Crippen molar-refractivity contribution in [3.05, 3.63) is 23.4 Å². The van der Waals surface area contributed by atoms with E-state index in [4.69, 9.17) is 11.6 Å². The number of anilines is 1. The normalized spacial score (nSPS) is 12.7. The van der Waals surface area contributed by atoms with Crippen molar-refractivity contribution in [2.45, 2.75) is 25.6 Å². The Morgan fingerprint density at radius 1 is 1.27 bits per heavy atom. The smallest absolute Gasteiger partial charge is 0.357 e. The number of hydrogen-bond donors (Lipinski definition) is 1. The molecule has 2 nitrogen and oxygen atoms in total. The molecular formula is C9H10ClF3N2. The van der Waals surface area contributed by atoms with Gasteiger partial charge in [-0.2, -0.15) is 13.2 Å². The Morgan fingerprint density at radius 3 is 2.33 bits per heavy atom. The van der Waals surface area contributed by atoms with Gasteiger partial charge in [0.15, 0.2) is 0 Å². The molecule has 6 heteroatoms. The van der Waals surface area contributed by atoms with Crippen molar-refractivity contribution in [3.63, 3.8) is 0 Å². The maximum atomic E-state index is 12.5. The van der Waals surface area contributed by atoms with Crippen molar-refractivity contribution >= 4 is 17.4 Å². The summed E-state index contributed by atoms with van der Waals surface area (Å²) in [6.07, 6.45) is -4.35. The van der Waals surface area contributed by atoms with Crippen molar-refractivity contribution < 1.29 is 13.2 Å². The summed E-state index contributed by atoms with van der Waals surface area (Å²) in [7, 11) is 0. The lowest BCUT2D eigenvalue weighted by molar-refractivity contribution is -0.168. The van der Waals surface area contributed by atoms with Gasteiger partial charge in [0.2, 0.25) is 0 Å². The minimum Gasteiger partial charge on any atom is -0.357 e. The van der Waals surface area contributed by atoms with Crippen LogP contribution in [0.25, 0.3) is 0 Å². The first-order valence-electron chi connectivity index (χ1n) is 4.20. The largest absolute Gasteiger partial charge is 0.410 e. The van der Waals surface area contributed by atoms with Crippen LogP contribution in [-0.4, -0.2) is 16.7 Å². The summed E-state index contributed by atoms with van der Waals surface area (Å²) in [4.78, 5) is 3.73. The highest BCUT2D eigenvalue weighted by atomic mass is 35.5. The average molecular weight is 239 g/mol. The quantitative estimate of drug-likeness (QED) is 0.798. The molecule has 15 heavy (non-hydrogen) atoms. The van der Waals surface area contributed by atoms with Gasteiger partial charge in [0.05, 0.1) is 0 Å². The molecule has 1 heterocycles.